The lowest BCUT2D eigenvalue weighted by Gasteiger charge is -2.04. The molecule has 26 heavy (non-hydrogen) atoms. The van der Waals surface area contributed by atoms with Crippen molar-refractivity contribution in [3.05, 3.63) is 87.3 Å². The van der Waals surface area contributed by atoms with Crippen molar-refractivity contribution in [2.45, 2.75) is 0 Å². The van der Waals surface area contributed by atoms with Gasteiger partial charge in [0.1, 0.15) is 5.82 Å². The number of carbonyl (C=O) groups is 1. The van der Waals surface area contributed by atoms with Gasteiger partial charge in [-0.1, -0.05) is 29.8 Å². The molecule has 0 aliphatic heterocycles. The Kier molecular flexibility index (Phi) is 4.02. The average Bonchev–Trinajstić information content (AvgIpc) is 3.23. The lowest BCUT2D eigenvalue weighted by molar-refractivity contribution is 0.0965. The topological polar surface area (TPSA) is 83.0 Å². The standard InChI is InChI=1S/C19H13ClN4O2/c20-14-7-5-12(6-8-14)19(26)24-11-13(15-3-1-2-4-16(15)24)10-21-17-9-18(25)23-22-17/h1-11H,(H2,22,23,25)/b21-10+. The number of nitrogens with one attached hydrogen (secondary N) is 2. The first-order valence-corrected chi connectivity index (χ1v) is 8.22. The van der Waals surface area contributed by atoms with E-state index in [-0.39, 0.29) is 11.5 Å². The van der Waals surface area contributed by atoms with Crippen LogP contribution in [0.4, 0.5) is 5.82 Å². The number of benzene rings is 2. The smallest absolute Gasteiger partial charge is 0.266 e. The van der Waals surface area contributed by atoms with Gasteiger partial charge >= 0.3 is 0 Å². The normalized spacial score (nSPS) is 11.4. The Labute approximate surface area is 152 Å². The molecule has 0 aliphatic carbocycles. The van der Waals surface area contributed by atoms with Crippen molar-refractivity contribution in [3.8, 4) is 0 Å². The van der Waals surface area contributed by atoms with Crippen LogP contribution in [0, 0.1) is 0 Å². The maximum Gasteiger partial charge on any atom is 0.266 e. The Bertz CT molecular complexity index is 1180. The van der Waals surface area contributed by atoms with E-state index in [1.807, 2.05) is 24.3 Å². The van der Waals surface area contributed by atoms with E-state index in [0.29, 0.717) is 16.4 Å². The molecule has 2 aromatic carbocycles. The summed E-state index contributed by atoms with van der Waals surface area (Å²) in [5, 5.41) is 6.55. The summed E-state index contributed by atoms with van der Waals surface area (Å²) in [6.45, 7) is 0. The van der Waals surface area contributed by atoms with Crippen LogP contribution in [-0.4, -0.2) is 26.9 Å². The lowest BCUT2D eigenvalue weighted by Crippen LogP contribution is -2.10. The molecule has 2 aromatic heterocycles. The molecule has 0 spiro atoms. The first kappa shape index (κ1) is 16.1. The third kappa shape index (κ3) is 2.98. The zero-order valence-electron chi connectivity index (χ0n) is 13.4. The van der Waals surface area contributed by atoms with Crippen molar-refractivity contribution in [2.24, 2.45) is 4.99 Å². The van der Waals surface area contributed by atoms with Crippen molar-refractivity contribution < 1.29 is 4.79 Å². The number of aromatic nitrogens is 3. The highest BCUT2D eigenvalue weighted by molar-refractivity contribution is 6.30. The van der Waals surface area contributed by atoms with Gasteiger partial charge in [0.25, 0.3) is 11.5 Å². The Balaban J connectivity index is 1.78. The third-order valence-electron chi connectivity index (χ3n) is 3.98. The minimum atomic E-state index is -0.252. The monoisotopic (exact) mass is 364 g/mol. The van der Waals surface area contributed by atoms with E-state index >= 15 is 0 Å². The van der Waals surface area contributed by atoms with Crippen LogP contribution >= 0.6 is 11.6 Å². The number of halogens is 1. The van der Waals surface area contributed by atoms with Gasteiger partial charge < -0.3 is 0 Å². The quantitative estimate of drug-likeness (QED) is 0.543. The molecular formula is C19H13ClN4O2. The van der Waals surface area contributed by atoms with E-state index in [2.05, 4.69) is 15.2 Å². The van der Waals surface area contributed by atoms with Gasteiger partial charge in [-0.05, 0) is 30.3 Å². The minimum absolute atomic E-state index is 0.160. The number of hydrogen-bond acceptors (Lipinski definition) is 3. The molecule has 2 N–H and O–H groups in total. The Morgan fingerprint density at radius 1 is 1.08 bits per heavy atom. The van der Waals surface area contributed by atoms with Gasteiger partial charge in [-0.2, -0.15) is 0 Å². The minimum Gasteiger partial charge on any atom is -0.282 e. The number of aliphatic imine (C=N–C) groups is 1. The number of nitrogens with zero attached hydrogens (tertiary/aromatic N) is 2. The molecule has 2 heterocycles. The second-order valence-electron chi connectivity index (χ2n) is 5.69. The van der Waals surface area contributed by atoms with Gasteiger partial charge in [-0.25, -0.2) is 4.99 Å². The Hall–Kier alpha value is -3.38. The zero-order chi connectivity index (χ0) is 18.1. The largest absolute Gasteiger partial charge is 0.282 e. The second-order valence-corrected chi connectivity index (χ2v) is 6.12. The molecule has 6 nitrogen and oxygen atoms in total. The molecule has 0 bridgehead atoms. The van der Waals surface area contributed by atoms with Gasteiger partial charge in [0.05, 0.1) is 5.52 Å². The van der Waals surface area contributed by atoms with E-state index in [1.165, 1.54) is 6.07 Å². The molecule has 4 aromatic rings. The number of fused-ring (bicyclic) bond motifs is 1. The van der Waals surface area contributed by atoms with Gasteiger partial charge in [0.15, 0.2) is 0 Å². The maximum absolute atomic E-state index is 12.9. The van der Waals surface area contributed by atoms with Crippen LogP contribution in [0.5, 0.6) is 0 Å². The molecule has 128 valence electrons. The number of carbonyl (C=O) groups excluding carboxylic acids is 1. The second kappa shape index (κ2) is 6.50. The summed E-state index contributed by atoms with van der Waals surface area (Å²) in [6.07, 6.45) is 3.35. The molecule has 0 radical (unpaired) electrons. The van der Waals surface area contributed by atoms with E-state index < -0.39 is 0 Å². The van der Waals surface area contributed by atoms with Crippen LogP contribution in [0.2, 0.25) is 5.02 Å². The molecule has 7 heteroatoms. The average molecular weight is 365 g/mol. The number of hydrogen-bond donors (Lipinski definition) is 2. The lowest BCUT2D eigenvalue weighted by atomic mass is 10.2. The third-order valence-corrected chi connectivity index (χ3v) is 4.23. The predicted molar refractivity (Wildman–Crippen MR) is 102 cm³/mol. The summed E-state index contributed by atoms with van der Waals surface area (Å²) in [7, 11) is 0. The molecule has 0 saturated carbocycles. The fourth-order valence-electron chi connectivity index (χ4n) is 2.74. The van der Waals surface area contributed by atoms with Crippen LogP contribution in [0.15, 0.2) is 70.6 Å². The molecule has 0 aliphatic rings. The summed E-state index contributed by atoms with van der Waals surface area (Å²) in [5.41, 5.74) is 1.83. The van der Waals surface area contributed by atoms with Crippen LogP contribution in [0.25, 0.3) is 10.9 Å². The summed E-state index contributed by atoms with van der Waals surface area (Å²) < 4.78 is 1.58. The van der Waals surface area contributed by atoms with Crippen LogP contribution in [0.1, 0.15) is 15.9 Å². The summed E-state index contributed by atoms with van der Waals surface area (Å²) in [4.78, 5) is 28.3. The van der Waals surface area contributed by atoms with Crippen molar-refractivity contribution in [3.63, 3.8) is 0 Å². The maximum atomic E-state index is 12.9. The van der Waals surface area contributed by atoms with Crippen molar-refractivity contribution >= 4 is 40.4 Å². The van der Waals surface area contributed by atoms with Crippen LogP contribution in [-0.2, 0) is 0 Å². The molecule has 0 fully saturated rings. The number of para-hydroxylation sites is 1. The van der Waals surface area contributed by atoms with Crippen LogP contribution < -0.4 is 5.56 Å². The molecule has 4 rings (SSSR count). The predicted octanol–water partition coefficient (Wildman–Crippen LogP) is 3.75. The SMILES string of the molecule is O=C(c1ccc(Cl)cc1)n1cc(/C=N/c2cc(=O)[nH][nH]2)c2ccccc21. The fraction of sp³-hybridized carbons (Fsp3) is 0. The van der Waals surface area contributed by atoms with Crippen molar-refractivity contribution in [1.29, 1.82) is 0 Å². The Morgan fingerprint density at radius 2 is 1.85 bits per heavy atom. The first-order valence-electron chi connectivity index (χ1n) is 7.84. The van der Waals surface area contributed by atoms with Crippen molar-refractivity contribution in [2.75, 3.05) is 0 Å². The van der Waals surface area contributed by atoms with Crippen LogP contribution in [0.3, 0.4) is 0 Å². The Morgan fingerprint density at radius 3 is 2.58 bits per heavy atom. The van der Waals surface area contributed by atoms with Gasteiger partial charge in [-0.15, -0.1) is 0 Å². The molecule has 0 saturated heterocycles. The summed E-state index contributed by atoms with van der Waals surface area (Å²) in [5.74, 6) is 0.253. The number of H-pyrrole nitrogens is 2. The molecule has 0 amide bonds. The highest BCUT2D eigenvalue weighted by Gasteiger charge is 2.14. The zero-order valence-corrected chi connectivity index (χ0v) is 14.2. The van der Waals surface area contributed by atoms with E-state index in [9.17, 15) is 9.59 Å². The molecule has 0 atom stereocenters. The number of rotatable bonds is 3. The first-order chi connectivity index (χ1) is 12.6. The molecule has 0 unspecified atom stereocenters. The summed E-state index contributed by atoms with van der Waals surface area (Å²) in [6, 6.07) is 15.7. The highest BCUT2D eigenvalue weighted by atomic mass is 35.5. The highest BCUT2D eigenvalue weighted by Crippen LogP contribution is 2.22. The van der Waals surface area contributed by atoms with Crippen molar-refractivity contribution in [1.82, 2.24) is 14.8 Å². The van der Waals surface area contributed by atoms with Gasteiger partial charge in [0.2, 0.25) is 0 Å². The molecular weight excluding hydrogens is 352 g/mol. The summed E-state index contributed by atoms with van der Waals surface area (Å²) >= 11 is 5.90. The van der Waals surface area contributed by atoms with Gasteiger partial charge in [-0.3, -0.25) is 24.4 Å². The van der Waals surface area contributed by atoms with E-state index in [1.54, 1.807) is 41.2 Å². The number of aromatic amines is 2. The van der Waals surface area contributed by atoms with E-state index in [0.717, 1.165) is 16.5 Å². The van der Waals surface area contributed by atoms with E-state index in [4.69, 9.17) is 11.6 Å². The fourth-order valence-corrected chi connectivity index (χ4v) is 2.87. The van der Waals surface area contributed by atoms with Gasteiger partial charge in [0, 0.05) is 40.0 Å².